The molecule has 7 nitrogen and oxygen atoms in total. The van der Waals surface area contributed by atoms with Crippen molar-refractivity contribution in [2.75, 3.05) is 33.4 Å². The summed E-state index contributed by atoms with van der Waals surface area (Å²) in [5.74, 6) is 1.42. The second kappa shape index (κ2) is 10.4. The molecule has 2 heterocycles. The highest BCUT2D eigenvalue weighted by atomic mass is 32.2. The van der Waals surface area contributed by atoms with Gasteiger partial charge in [-0.15, -0.1) is 11.3 Å². The summed E-state index contributed by atoms with van der Waals surface area (Å²) in [5.41, 5.74) is 0. The lowest BCUT2D eigenvalue weighted by atomic mass is 10.0. The first kappa shape index (κ1) is 22.1. The molecule has 1 aromatic rings. The van der Waals surface area contributed by atoms with E-state index in [9.17, 15) is 8.42 Å². The number of sulfonamides is 1. The lowest BCUT2D eigenvalue weighted by molar-refractivity contribution is 0.0731. The monoisotopic (exact) mass is 416 g/mol. The molecule has 1 aliphatic rings. The molecule has 27 heavy (non-hydrogen) atoms. The number of guanidine groups is 1. The van der Waals surface area contributed by atoms with Gasteiger partial charge in [-0.1, -0.05) is 13.8 Å². The van der Waals surface area contributed by atoms with E-state index in [4.69, 9.17) is 4.74 Å². The molecular formula is C18H32N4O3S2. The topological polar surface area (TPSA) is 83.0 Å². The summed E-state index contributed by atoms with van der Waals surface area (Å²) in [6.45, 7) is 8.87. The molecule has 0 bridgehead atoms. The Morgan fingerprint density at radius 2 is 1.96 bits per heavy atom. The Balaban J connectivity index is 1.89. The Hall–Kier alpha value is -1.16. The summed E-state index contributed by atoms with van der Waals surface area (Å²) in [7, 11) is -1.68. The summed E-state index contributed by atoms with van der Waals surface area (Å²) in [6, 6.07) is 3.88. The van der Waals surface area contributed by atoms with Crippen LogP contribution in [0.2, 0.25) is 0 Å². The van der Waals surface area contributed by atoms with Crippen molar-refractivity contribution in [3.8, 4) is 0 Å². The second-order valence-electron chi connectivity index (χ2n) is 7.18. The SMILES string of the molecule is CN=C(NCc1ccc(S(=O)(=O)N2CCOCC2)s1)NC(C)CCC(C)C. The van der Waals surface area contributed by atoms with Crippen molar-refractivity contribution >= 4 is 27.3 Å². The van der Waals surface area contributed by atoms with Crippen LogP contribution < -0.4 is 10.6 Å². The van der Waals surface area contributed by atoms with Crippen LogP contribution in [0.15, 0.2) is 21.3 Å². The normalized spacial score (nSPS) is 17.9. The number of hydrogen-bond acceptors (Lipinski definition) is 5. The third-order valence-electron chi connectivity index (χ3n) is 4.42. The Morgan fingerprint density at radius 1 is 1.26 bits per heavy atom. The molecule has 1 saturated heterocycles. The van der Waals surface area contributed by atoms with E-state index in [2.05, 4.69) is 36.4 Å². The highest BCUT2D eigenvalue weighted by molar-refractivity contribution is 7.91. The summed E-state index contributed by atoms with van der Waals surface area (Å²) in [5, 5.41) is 6.65. The fraction of sp³-hybridized carbons (Fsp3) is 0.722. The minimum Gasteiger partial charge on any atom is -0.379 e. The van der Waals surface area contributed by atoms with Gasteiger partial charge in [-0.25, -0.2) is 8.42 Å². The molecule has 1 atom stereocenters. The zero-order valence-corrected chi connectivity index (χ0v) is 18.3. The number of aliphatic imine (C=N–C) groups is 1. The van der Waals surface area contributed by atoms with Gasteiger partial charge in [0, 0.05) is 31.1 Å². The van der Waals surface area contributed by atoms with Crippen LogP contribution in [-0.4, -0.2) is 58.1 Å². The molecule has 0 amide bonds. The summed E-state index contributed by atoms with van der Waals surface area (Å²) in [4.78, 5) is 5.22. The van der Waals surface area contributed by atoms with Gasteiger partial charge in [-0.05, 0) is 37.8 Å². The molecule has 1 aromatic heterocycles. The van der Waals surface area contributed by atoms with Crippen molar-refractivity contribution in [3.05, 3.63) is 17.0 Å². The average molecular weight is 417 g/mol. The van der Waals surface area contributed by atoms with Gasteiger partial charge in [-0.2, -0.15) is 4.31 Å². The van der Waals surface area contributed by atoms with Crippen molar-refractivity contribution < 1.29 is 13.2 Å². The fourth-order valence-electron chi connectivity index (χ4n) is 2.76. The van der Waals surface area contributed by atoms with Crippen molar-refractivity contribution in [1.82, 2.24) is 14.9 Å². The van der Waals surface area contributed by atoms with E-state index in [0.29, 0.717) is 49.0 Å². The Labute approximate surface area is 167 Å². The molecule has 154 valence electrons. The fourth-order valence-corrected chi connectivity index (χ4v) is 5.62. The van der Waals surface area contributed by atoms with Gasteiger partial charge in [0.1, 0.15) is 4.21 Å². The molecule has 0 aliphatic carbocycles. The number of nitrogens with one attached hydrogen (secondary N) is 2. The first-order valence-corrected chi connectivity index (χ1v) is 11.7. The van der Waals surface area contributed by atoms with Crippen molar-refractivity contribution in [1.29, 1.82) is 0 Å². The van der Waals surface area contributed by atoms with Crippen LogP contribution in [0.3, 0.4) is 0 Å². The van der Waals surface area contributed by atoms with Gasteiger partial charge in [0.15, 0.2) is 5.96 Å². The zero-order chi connectivity index (χ0) is 19.9. The highest BCUT2D eigenvalue weighted by Gasteiger charge is 2.27. The second-order valence-corrected chi connectivity index (χ2v) is 10.5. The quantitative estimate of drug-likeness (QED) is 0.502. The van der Waals surface area contributed by atoms with Crippen molar-refractivity contribution in [3.63, 3.8) is 0 Å². The third-order valence-corrected chi connectivity index (χ3v) is 7.87. The minimum absolute atomic E-state index is 0.333. The number of ether oxygens (including phenoxy) is 1. The first-order valence-electron chi connectivity index (χ1n) is 9.46. The summed E-state index contributed by atoms with van der Waals surface area (Å²) < 4.78 is 32.5. The van der Waals surface area contributed by atoms with E-state index in [1.165, 1.54) is 22.1 Å². The van der Waals surface area contributed by atoms with Crippen LogP contribution in [0, 0.1) is 5.92 Å². The molecule has 1 aliphatic heterocycles. The zero-order valence-electron chi connectivity index (χ0n) is 16.7. The van der Waals surface area contributed by atoms with Crippen LogP contribution in [-0.2, 0) is 21.3 Å². The molecule has 0 aromatic carbocycles. The molecule has 0 spiro atoms. The van der Waals surface area contributed by atoms with E-state index in [0.717, 1.165) is 17.3 Å². The van der Waals surface area contributed by atoms with E-state index < -0.39 is 10.0 Å². The van der Waals surface area contributed by atoms with Crippen molar-refractivity contribution in [2.24, 2.45) is 10.9 Å². The number of hydrogen-bond donors (Lipinski definition) is 2. The van der Waals surface area contributed by atoms with Gasteiger partial charge in [-0.3, -0.25) is 4.99 Å². The molecule has 9 heteroatoms. The van der Waals surface area contributed by atoms with E-state index in [1.54, 1.807) is 13.1 Å². The van der Waals surface area contributed by atoms with Crippen molar-refractivity contribution in [2.45, 2.75) is 50.4 Å². The number of morpholine rings is 1. The molecular weight excluding hydrogens is 384 g/mol. The molecule has 2 rings (SSSR count). The molecule has 0 saturated carbocycles. The Morgan fingerprint density at radius 3 is 2.59 bits per heavy atom. The van der Waals surface area contributed by atoms with Crippen LogP contribution >= 0.6 is 11.3 Å². The largest absolute Gasteiger partial charge is 0.379 e. The van der Waals surface area contributed by atoms with Gasteiger partial charge < -0.3 is 15.4 Å². The van der Waals surface area contributed by atoms with E-state index in [1.807, 2.05) is 6.07 Å². The molecule has 1 fully saturated rings. The number of rotatable bonds is 8. The number of nitrogens with zero attached hydrogens (tertiary/aromatic N) is 2. The van der Waals surface area contributed by atoms with Gasteiger partial charge in [0.05, 0.1) is 19.8 Å². The third kappa shape index (κ3) is 6.74. The van der Waals surface area contributed by atoms with E-state index >= 15 is 0 Å². The van der Waals surface area contributed by atoms with Gasteiger partial charge >= 0.3 is 0 Å². The lowest BCUT2D eigenvalue weighted by Crippen LogP contribution is -2.41. The van der Waals surface area contributed by atoms with E-state index in [-0.39, 0.29) is 0 Å². The Kier molecular flexibility index (Phi) is 8.53. The maximum atomic E-state index is 12.7. The van der Waals surface area contributed by atoms with Gasteiger partial charge in [0.25, 0.3) is 10.0 Å². The summed E-state index contributed by atoms with van der Waals surface area (Å²) in [6.07, 6.45) is 2.25. The maximum Gasteiger partial charge on any atom is 0.252 e. The van der Waals surface area contributed by atoms with Crippen LogP contribution in [0.5, 0.6) is 0 Å². The van der Waals surface area contributed by atoms with Gasteiger partial charge in [0.2, 0.25) is 0 Å². The molecule has 1 unspecified atom stereocenters. The van der Waals surface area contributed by atoms with Crippen LogP contribution in [0.4, 0.5) is 0 Å². The standard InChI is InChI=1S/C18H32N4O3S2/c1-14(2)5-6-15(3)21-18(19-4)20-13-16-7-8-17(26-16)27(23,24)22-9-11-25-12-10-22/h7-8,14-15H,5-6,9-13H2,1-4H3,(H2,19,20,21). The first-order chi connectivity index (χ1) is 12.8. The average Bonchev–Trinajstić information content (AvgIpc) is 3.14. The minimum atomic E-state index is -3.42. The lowest BCUT2D eigenvalue weighted by Gasteiger charge is -2.25. The number of thiophene rings is 1. The predicted octanol–water partition coefficient (Wildman–Crippen LogP) is 2.26. The molecule has 2 N–H and O–H groups in total. The van der Waals surface area contributed by atoms with Crippen LogP contribution in [0.1, 0.15) is 38.5 Å². The highest BCUT2D eigenvalue weighted by Crippen LogP contribution is 2.25. The smallest absolute Gasteiger partial charge is 0.252 e. The Bertz CT molecular complexity index is 710. The summed E-state index contributed by atoms with van der Waals surface area (Å²) >= 11 is 1.30. The maximum absolute atomic E-state index is 12.7. The predicted molar refractivity (Wildman–Crippen MR) is 111 cm³/mol. The molecule has 0 radical (unpaired) electrons. The van der Waals surface area contributed by atoms with Crippen LogP contribution in [0.25, 0.3) is 0 Å².